The summed E-state index contributed by atoms with van der Waals surface area (Å²) in [6, 6.07) is 7.07. The normalized spacial score (nSPS) is 11.6. The minimum Gasteiger partial charge on any atom is -0.319 e. The molecule has 0 aromatic heterocycles. The SMILES string of the molecule is CNCCc1cccc(S(C)(=O)=O)c1. The lowest BCUT2D eigenvalue weighted by Gasteiger charge is -2.03. The quantitative estimate of drug-likeness (QED) is 0.806. The molecular weight excluding hydrogens is 198 g/mol. The first kappa shape index (κ1) is 11.2. The zero-order valence-corrected chi connectivity index (χ0v) is 9.26. The fraction of sp³-hybridized carbons (Fsp3) is 0.400. The zero-order valence-electron chi connectivity index (χ0n) is 8.45. The van der Waals surface area contributed by atoms with Crippen LogP contribution in [0, 0.1) is 0 Å². The van der Waals surface area contributed by atoms with Gasteiger partial charge in [-0.25, -0.2) is 8.42 Å². The molecule has 78 valence electrons. The highest BCUT2D eigenvalue weighted by Crippen LogP contribution is 2.11. The van der Waals surface area contributed by atoms with E-state index in [0.717, 1.165) is 18.5 Å². The number of benzene rings is 1. The lowest BCUT2D eigenvalue weighted by Crippen LogP contribution is -2.10. The number of likely N-dealkylation sites (N-methyl/N-ethyl adjacent to an activating group) is 1. The Morgan fingerprint density at radius 2 is 2.07 bits per heavy atom. The molecule has 0 bridgehead atoms. The molecule has 0 aliphatic carbocycles. The first-order chi connectivity index (χ1) is 6.54. The van der Waals surface area contributed by atoms with Crippen molar-refractivity contribution in [1.29, 1.82) is 0 Å². The molecule has 1 aromatic rings. The van der Waals surface area contributed by atoms with Crippen molar-refractivity contribution in [3.8, 4) is 0 Å². The minimum atomic E-state index is -3.07. The van der Waals surface area contributed by atoms with Crippen LogP contribution in [0.2, 0.25) is 0 Å². The first-order valence-corrected chi connectivity index (χ1v) is 6.37. The van der Waals surface area contributed by atoms with Gasteiger partial charge in [0.2, 0.25) is 0 Å². The summed E-state index contributed by atoms with van der Waals surface area (Å²) in [5.74, 6) is 0. The minimum absolute atomic E-state index is 0.395. The molecule has 1 aromatic carbocycles. The largest absolute Gasteiger partial charge is 0.319 e. The molecule has 0 aliphatic rings. The molecule has 0 amide bonds. The third-order valence-electron chi connectivity index (χ3n) is 1.99. The van der Waals surface area contributed by atoms with E-state index in [9.17, 15) is 8.42 Å². The Balaban J connectivity index is 2.90. The van der Waals surface area contributed by atoms with Crippen molar-refractivity contribution in [2.24, 2.45) is 0 Å². The van der Waals surface area contributed by atoms with Crippen LogP contribution in [0.5, 0.6) is 0 Å². The summed E-state index contributed by atoms with van der Waals surface area (Å²) in [5, 5.41) is 3.02. The van der Waals surface area contributed by atoms with Crippen LogP contribution in [-0.4, -0.2) is 28.3 Å². The highest BCUT2D eigenvalue weighted by Gasteiger charge is 2.06. The van der Waals surface area contributed by atoms with Gasteiger partial charge in [-0.05, 0) is 37.7 Å². The molecule has 0 saturated carbocycles. The summed E-state index contributed by atoms with van der Waals surface area (Å²) in [6.07, 6.45) is 2.07. The van der Waals surface area contributed by atoms with E-state index in [4.69, 9.17) is 0 Å². The van der Waals surface area contributed by atoms with Crippen LogP contribution in [-0.2, 0) is 16.3 Å². The van der Waals surface area contributed by atoms with E-state index in [2.05, 4.69) is 5.32 Å². The van der Waals surface area contributed by atoms with Crippen LogP contribution >= 0.6 is 0 Å². The van der Waals surface area contributed by atoms with Gasteiger partial charge in [-0.1, -0.05) is 12.1 Å². The number of hydrogen-bond acceptors (Lipinski definition) is 3. The molecule has 0 spiro atoms. The summed E-state index contributed by atoms with van der Waals surface area (Å²) in [5.41, 5.74) is 1.04. The Morgan fingerprint density at radius 1 is 1.36 bits per heavy atom. The van der Waals surface area contributed by atoms with Crippen molar-refractivity contribution in [1.82, 2.24) is 5.32 Å². The Kier molecular flexibility index (Phi) is 3.66. The molecule has 1 rings (SSSR count). The topological polar surface area (TPSA) is 46.2 Å². The zero-order chi connectivity index (χ0) is 10.6. The van der Waals surface area contributed by atoms with E-state index in [1.807, 2.05) is 13.1 Å². The average Bonchev–Trinajstić information content (AvgIpc) is 2.14. The summed E-state index contributed by atoms with van der Waals surface area (Å²) in [4.78, 5) is 0.395. The van der Waals surface area contributed by atoms with Crippen LogP contribution < -0.4 is 5.32 Å². The highest BCUT2D eigenvalue weighted by molar-refractivity contribution is 7.90. The standard InChI is InChI=1S/C10H15NO2S/c1-11-7-6-9-4-3-5-10(8-9)14(2,12)13/h3-5,8,11H,6-7H2,1-2H3. The van der Waals surface area contributed by atoms with Gasteiger partial charge in [-0.2, -0.15) is 0 Å². The van der Waals surface area contributed by atoms with E-state index in [0.29, 0.717) is 4.90 Å². The van der Waals surface area contributed by atoms with Gasteiger partial charge in [0.1, 0.15) is 0 Å². The Labute approximate surface area is 85.1 Å². The second kappa shape index (κ2) is 4.57. The van der Waals surface area contributed by atoms with E-state index < -0.39 is 9.84 Å². The maximum absolute atomic E-state index is 11.2. The van der Waals surface area contributed by atoms with Crippen molar-refractivity contribution in [2.75, 3.05) is 19.8 Å². The highest BCUT2D eigenvalue weighted by atomic mass is 32.2. The number of rotatable bonds is 4. The van der Waals surface area contributed by atoms with E-state index in [-0.39, 0.29) is 0 Å². The molecule has 0 heterocycles. The van der Waals surface area contributed by atoms with Crippen LogP contribution in [0.1, 0.15) is 5.56 Å². The molecule has 4 heteroatoms. The van der Waals surface area contributed by atoms with Crippen molar-refractivity contribution in [2.45, 2.75) is 11.3 Å². The summed E-state index contributed by atoms with van der Waals surface area (Å²) >= 11 is 0. The van der Waals surface area contributed by atoms with Crippen molar-refractivity contribution in [3.63, 3.8) is 0 Å². The monoisotopic (exact) mass is 213 g/mol. The third-order valence-corrected chi connectivity index (χ3v) is 3.10. The Bertz CT molecular complexity index is 398. The maximum atomic E-state index is 11.2. The molecule has 0 unspecified atom stereocenters. The summed E-state index contributed by atoms with van der Waals surface area (Å²) < 4.78 is 22.5. The van der Waals surface area contributed by atoms with E-state index in [1.165, 1.54) is 6.26 Å². The van der Waals surface area contributed by atoms with E-state index >= 15 is 0 Å². The fourth-order valence-electron chi connectivity index (χ4n) is 1.20. The predicted octanol–water partition coefficient (Wildman–Crippen LogP) is 0.852. The van der Waals surface area contributed by atoms with Gasteiger partial charge in [0, 0.05) is 6.26 Å². The number of nitrogens with one attached hydrogen (secondary N) is 1. The van der Waals surface area contributed by atoms with Crippen LogP contribution in [0.15, 0.2) is 29.2 Å². The molecular formula is C10H15NO2S. The van der Waals surface area contributed by atoms with Gasteiger partial charge < -0.3 is 5.32 Å². The predicted molar refractivity (Wildman–Crippen MR) is 57.2 cm³/mol. The first-order valence-electron chi connectivity index (χ1n) is 4.47. The Morgan fingerprint density at radius 3 is 2.64 bits per heavy atom. The van der Waals surface area contributed by atoms with Crippen LogP contribution in [0.4, 0.5) is 0 Å². The summed E-state index contributed by atoms with van der Waals surface area (Å²) in [7, 11) is -1.20. The lowest BCUT2D eigenvalue weighted by atomic mass is 10.1. The van der Waals surface area contributed by atoms with Gasteiger partial charge >= 0.3 is 0 Å². The molecule has 0 fully saturated rings. The third kappa shape index (κ3) is 3.12. The lowest BCUT2D eigenvalue weighted by molar-refractivity contribution is 0.601. The average molecular weight is 213 g/mol. The van der Waals surface area contributed by atoms with Gasteiger partial charge in [-0.15, -0.1) is 0 Å². The maximum Gasteiger partial charge on any atom is 0.175 e. The van der Waals surface area contributed by atoms with Crippen molar-refractivity contribution in [3.05, 3.63) is 29.8 Å². The Hall–Kier alpha value is -0.870. The van der Waals surface area contributed by atoms with Gasteiger partial charge in [0.25, 0.3) is 0 Å². The number of sulfone groups is 1. The molecule has 1 N–H and O–H groups in total. The van der Waals surface area contributed by atoms with Gasteiger partial charge in [0.15, 0.2) is 9.84 Å². The van der Waals surface area contributed by atoms with Crippen molar-refractivity contribution >= 4 is 9.84 Å². The molecule has 0 saturated heterocycles. The molecule has 14 heavy (non-hydrogen) atoms. The fourth-order valence-corrected chi connectivity index (χ4v) is 1.89. The molecule has 0 radical (unpaired) electrons. The molecule has 0 aliphatic heterocycles. The smallest absolute Gasteiger partial charge is 0.175 e. The number of hydrogen-bond donors (Lipinski definition) is 1. The second-order valence-electron chi connectivity index (χ2n) is 3.27. The van der Waals surface area contributed by atoms with Gasteiger partial charge in [0.05, 0.1) is 4.90 Å². The summed E-state index contributed by atoms with van der Waals surface area (Å²) in [6.45, 7) is 0.854. The van der Waals surface area contributed by atoms with Crippen molar-refractivity contribution < 1.29 is 8.42 Å². The van der Waals surface area contributed by atoms with Crippen LogP contribution in [0.25, 0.3) is 0 Å². The van der Waals surface area contributed by atoms with Gasteiger partial charge in [-0.3, -0.25) is 0 Å². The second-order valence-corrected chi connectivity index (χ2v) is 5.29. The molecule has 0 atom stereocenters. The van der Waals surface area contributed by atoms with Crippen LogP contribution in [0.3, 0.4) is 0 Å². The van der Waals surface area contributed by atoms with E-state index in [1.54, 1.807) is 18.2 Å². The molecule has 3 nitrogen and oxygen atoms in total.